The predicted octanol–water partition coefficient (Wildman–Crippen LogP) is 21.5. The molecule has 3 N–H and O–H groups in total. The van der Waals surface area contributed by atoms with E-state index in [4.69, 9.17) is 9.05 Å². The minimum absolute atomic E-state index is 0.0771. The van der Waals surface area contributed by atoms with Gasteiger partial charge in [-0.1, -0.05) is 327 Å². The number of hydrogen-bond acceptors (Lipinski definition) is 5. The molecule has 0 aliphatic carbocycles. The molecule has 0 aliphatic rings. The molecule has 8 nitrogen and oxygen atoms in total. The SMILES string of the molecule is CCCCCCCCCCCCC/C=C\C/C=C\CCCCCCCCCCCCCCCCCCCC(=O)NC(COP(=O)(O)OCC[N+](C)(C)C)C(O)CCCCCCCCCCCCCCCCCCCCCC. The number of amides is 1. The molecular weight excluding hydrogens is 972 g/mol. The van der Waals surface area contributed by atoms with Crippen molar-refractivity contribution in [1.29, 1.82) is 0 Å². The van der Waals surface area contributed by atoms with E-state index >= 15 is 0 Å². The Morgan fingerprint density at radius 3 is 1.06 bits per heavy atom. The summed E-state index contributed by atoms with van der Waals surface area (Å²) in [5.74, 6) is -0.137. The van der Waals surface area contributed by atoms with E-state index in [0.717, 1.165) is 44.9 Å². The highest BCUT2D eigenvalue weighted by Gasteiger charge is 2.28. The van der Waals surface area contributed by atoms with Crippen LogP contribution < -0.4 is 5.32 Å². The smallest absolute Gasteiger partial charge is 0.391 e. The predicted molar refractivity (Wildman–Crippen MR) is 337 cm³/mol. The molecule has 0 spiro atoms. The lowest BCUT2D eigenvalue weighted by Gasteiger charge is -2.26. The third-order valence-corrected chi connectivity index (χ3v) is 16.9. The summed E-state index contributed by atoms with van der Waals surface area (Å²) in [4.78, 5) is 23.4. The minimum atomic E-state index is -4.33. The maximum Gasteiger partial charge on any atom is 0.472 e. The fourth-order valence-electron chi connectivity index (χ4n) is 10.6. The van der Waals surface area contributed by atoms with Crippen LogP contribution in [0.1, 0.15) is 354 Å². The average molecular weight is 1110 g/mol. The number of rotatable bonds is 64. The number of phosphoric acid groups is 1. The standard InChI is InChI=1S/C68H135N2O6P/c1-6-8-10-12-14-16-18-20-22-24-26-28-29-30-31-32-33-34-35-36-37-38-39-40-41-42-44-46-48-50-52-54-56-58-60-62-68(72)69-66(65-76-77(73,74)75-64-63-70(3,4)5)67(71)61-59-57-55-53-51-49-47-45-43-27-25-23-21-19-17-15-13-11-9-7-2/h29-30,32-33,66-67,71H,6-28,31,34-65H2,1-5H3,(H-,69,72,73,74)/p+1/b30-29-,33-32-. The monoisotopic (exact) mass is 1110 g/mol. The molecular formula is C68H136N2O6P+. The summed E-state index contributed by atoms with van der Waals surface area (Å²) >= 11 is 0. The van der Waals surface area contributed by atoms with E-state index in [9.17, 15) is 19.4 Å². The largest absolute Gasteiger partial charge is 0.472 e. The van der Waals surface area contributed by atoms with Crippen LogP contribution in [0.3, 0.4) is 0 Å². The highest BCUT2D eigenvalue weighted by molar-refractivity contribution is 7.47. The van der Waals surface area contributed by atoms with E-state index in [1.54, 1.807) is 0 Å². The van der Waals surface area contributed by atoms with Crippen LogP contribution in [0.4, 0.5) is 0 Å². The lowest BCUT2D eigenvalue weighted by Crippen LogP contribution is -2.46. The zero-order valence-corrected chi connectivity index (χ0v) is 53.4. The first-order valence-electron chi connectivity index (χ1n) is 34.2. The minimum Gasteiger partial charge on any atom is -0.391 e. The first-order chi connectivity index (χ1) is 37.5. The maximum absolute atomic E-state index is 13.1. The molecule has 0 heterocycles. The van der Waals surface area contributed by atoms with Gasteiger partial charge >= 0.3 is 7.82 Å². The van der Waals surface area contributed by atoms with Crippen LogP contribution in [0.25, 0.3) is 0 Å². The van der Waals surface area contributed by atoms with E-state index in [2.05, 4.69) is 43.5 Å². The number of phosphoric ester groups is 1. The van der Waals surface area contributed by atoms with Crippen molar-refractivity contribution in [3.63, 3.8) is 0 Å². The number of aliphatic hydroxyl groups excluding tert-OH is 1. The van der Waals surface area contributed by atoms with E-state index in [0.29, 0.717) is 23.9 Å². The Morgan fingerprint density at radius 1 is 0.442 bits per heavy atom. The quantitative estimate of drug-likeness (QED) is 0.0243. The van der Waals surface area contributed by atoms with E-state index in [1.807, 2.05) is 21.1 Å². The van der Waals surface area contributed by atoms with Gasteiger partial charge in [-0.25, -0.2) is 4.57 Å². The number of unbranched alkanes of at least 4 members (excludes halogenated alkanes) is 47. The van der Waals surface area contributed by atoms with Gasteiger partial charge in [-0.3, -0.25) is 13.8 Å². The second-order valence-electron chi connectivity index (χ2n) is 24.9. The summed E-state index contributed by atoms with van der Waals surface area (Å²) in [5.41, 5.74) is 0. The van der Waals surface area contributed by atoms with E-state index < -0.39 is 20.0 Å². The van der Waals surface area contributed by atoms with E-state index in [1.165, 1.54) is 283 Å². The first kappa shape index (κ1) is 76.0. The van der Waals surface area contributed by atoms with Gasteiger partial charge in [-0.2, -0.15) is 0 Å². The summed E-state index contributed by atoms with van der Waals surface area (Å²) in [7, 11) is 1.63. The fourth-order valence-corrected chi connectivity index (χ4v) is 11.3. The summed E-state index contributed by atoms with van der Waals surface area (Å²) < 4.78 is 23.9. The molecule has 0 saturated heterocycles. The molecule has 1 amide bonds. The van der Waals surface area contributed by atoms with Gasteiger partial charge in [-0.05, 0) is 44.9 Å². The number of hydrogen-bond donors (Lipinski definition) is 3. The van der Waals surface area contributed by atoms with Crippen LogP contribution >= 0.6 is 7.82 Å². The molecule has 9 heteroatoms. The fraction of sp³-hybridized carbons (Fsp3) is 0.926. The van der Waals surface area contributed by atoms with Gasteiger partial charge in [0.25, 0.3) is 0 Å². The number of aliphatic hydroxyl groups is 1. The van der Waals surface area contributed by atoms with Gasteiger partial charge in [0.05, 0.1) is 39.9 Å². The number of quaternary nitrogens is 1. The number of nitrogens with one attached hydrogen (secondary N) is 1. The summed E-state index contributed by atoms with van der Waals surface area (Å²) in [6.45, 7) is 4.95. The van der Waals surface area contributed by atoms with Crippen molar-refractivity contribution in [3.05, 3.63) is 24.3 Å². The van der Waals surface area contributed by atoms with Crippen molar-refractivity contribution in [2.45, 2.75) is 366 Å². The third kappa shape index (κ3) is 62.4. The number of carbonyl (C=O) groups is 1. The maximum atomic E-state index is 13.1. The molecule has 0 radical (unpaired) electrons. The molecule has 0 fully saturated rings. The van der Waals surface area contributed by atoms with Crippen LogP contribution in [0, 0.1) is 0 Å². The lowest BCUT2D eigenvalue weighted by atomic mass is 10.0. The molecule has 0 bridgehead atoms. The molecule has 0 rings (SSSR count). The number of likely N-dealkylation sites (N-methyl/N-ethyl adjacent to an activating group) is 1. The van der Waals surface area contributed by atoms with Crippen molar-refractivity contribution >= 4 is 13.7 Å². The lowest BCUT2D eigenvalue weighted by molar-refractivity contribution is -0.870. The normalized spacial score (nSPS) is 13.8. The van der Waals surface area contributed by atoms with Gasteiger partial charge < -0.3 is 19.8 Å². The molecule has 0 aromatic rings. The number of carbonyl (C=O) groups excluding carboxylic acids is 1. The van der Waals surface area contributed by atoms with Crippen LogP contribution in [0.5, 0.6) is 0 Å². The van der Waals surface area contributed by atoms with Crippen molar-refractivity contribution in [2.75, 3.05) is 40.9 Å². The van der Waals surface area contributed by atoms with Gasteiger partial charge in [0.1, 0.15) is 13.2 Å². The molecule has 0 aliphatic heterocycles. The molecule has 458 valence electrons. The van der Waals surface area contributed by atoms with Crippen molar-refractivity contribution in [3.8, 4) is 0 Å². The molecule has 3 atom stereocenters. The zero-order valence-electron chi connectivity index (χ0n) is 52.5. The highest BCUT2D eigenvalue weighted by atomic mass is 31.2. The summed E-state index contributed by atoms with van der Waals surface area (Å²) in [5, 5.41) is 14.1. The van der Waals surface area contributed by atoms with Gasteiger partial charge in [0, 0.05) is 6.42 Å². The second kappa shape index (κ2) is 59.6. The Bertz CT molecular complexity index is 1300. The van der Waals surface area contributed by atoms with Crippen LogP contribution in [0.15, 0.2) is 24.3 Å². The Kier molecular flexibility index (Phi) is 58.8. The number of nitrogens with zero attached hydrogens (tertiary/aromatic N) is 1. The summed E-state index contributed by atoms with van der Waals surface area (Å²) in [6.07, 6.45) is 77.0. The molecule has 77 heavy (non-hydrogen) atoms. The van der Waals surface area contributed by atoms with Crippen molar-refractivity contribution in [2.24, 2.45) is 0 Å². The molecule has 0 aromatic heterocycles. The Hall–Kier alpha value is -1.02. The molecule has 0 aromatic carbocycles. The third-order valence-electron chi connectivity index (χ3n) is 16.0. The summed E-state index contributed by atoms with van der Waals surface area (Å²) in [6, 6.07) is -0.759. The van der Waals surface area contributed by atoms with Crippen molar-refractivity contribution < 1.29 is 32.9 Å². The molecule has 3 unspecified atom stereocenters. The Labute approximate surface area is 481 Å². The number of allylic oxidation sites excluding steroid dienone is 4. The van der Waals surface area contributed by atoms with Crippen LogP contribution in [0.2, 0.25) is 0 Å². The van der Waals surface area contributed by atoms with Crippen LogP contribution in [-0.4, -0.2) is 73.4 Å². The highest BCUT2D eigenvalue weighted by Crippen LogP contribution is 2.43. The van der Waals surface area contributed by atoms with Gasteiger partial charge in [0.15, 0.2) is 0 Å². The topological polar surface area (TPSA) is 105 Å². The van der Waals surface area contributed by atoms with Crippen molar-refractivity contribution in [1.82, 2.24) is 5.32 Å². The van der Waals surface area contributed by atoms with Gasteiger partial charge in [0.2, 0.25) is 5.91 Å². The first-order valence-corrected chi connectivity index (χ1v) is 35.7. The molecule has 0 saturated carbocycles. The van der Waals surface area contributed by atoms with E-state index in [-0.39, 0.29) is 19.1 Å². The van der Waals surface area contributed by atoms with Gasteiger partial charge in [-0.15, -0.1) is 0 Å². The van der Waals surface area contributed by atoms with Crippen LogP contribution in [-0.2, 0) is 18.4 Å². The second-order valence-corrected chi connectivity index (χ2v) is 26.4. The Balaban J connectivity index is 3.97. The average Bonchev–Trinajstić information content (AvgIpc) is 3.39. The zero-order chi connectivity index (χ0) is 56.3. The Morgan fingerprint density at radius 2 is 0.740 bits per heavy atom.